The van der Waals surface area contributed by atoms with Crippen molar-refractivity contribution in [2.45, 2.75) is 18.1 Å². The molecule has 2 unspecified atom stereocenters. The molecule has 1 saturated heterocycles. The van der Waals surface area contributed by atoms with Gasteiger partial charge in [-0.2, -0.15) is 0 Å². The van der Waals surface area contributed by atoms with E-state index in [-0.39, 0.29) is 35.1 Å². The zero-order valence-electron chi connectivity index (χ0n) is 16.4. The first-order valence-electron chi connectivity index (χ1n) is 10.2. The lowest BCUT2D eigenvalue weighted by Gasteiger charge is -2.51. The Morgan fingerprint density at radius 1 is 0.774 bits per heavy atom. The van der Waals surface area contributed by atoms with Crippen molar-refractivity contribution in [2.24, 2.45) is 11.8 Å². The number of likely N-dealkylation sites (tertiary alicyclic amines) is 1. The van der Waals surface area contributed by atoms with Crippen molar-refractivity contribution >= 4 is 11.8 Å². The average Bonchev–Trinajstić information content (AvgIpc) is 3.01. The van der Waals surface area contributed by atoms with Gasteiger partial charge in [-0.3, -0.25) is 14.5 Å². The molecule has 2 bridgehead atoms. The number of amides is 2. The van der Waals surface area contributed by atoms with Gasteiger partial charge in [0.25, 0.3) is 0 Å². The van der Waals surface area contributed by atoms with Crippen LogP contribution in [0.4, 0.5) is 0 Å². The predicted octanol–water partition coefficient (Wildman–Crippen LogP) is 2.59. The van der Waals surface area contributed by atoms with E-state index in [1.54, 1.807) is 24.3 Å². The highest BCUT2D eigenvalue weighted by atomic mass is 16.3. The zero-order chi connectivity index (χ0) is 21.5. The van der Waals surface area contributed by atoms with Crippen molar-refractivity contribution in [1.29, 1.82) is 0 Å². The molecule has 154 valence electrons. The summed E-state index contributed by atoms with van der Waals surface area (Å²) in [5, 5.41) is 33.5. The van der Waals surface area contributed by atoms with Crippen LogP contribution in [0.2, 0.25) is 0 Å². The Hall–Kier alpha value is -3.64. The van der Waals surface area contributed by atoms with Crippen molar-refractivity contribution in [3.8, 4) is 11.5 Å². The van der Waals surface area contributed by atoms with Crippen LogP contribution < -0.4 is 0 Å². The average molecular weight is 413 g/mol. The van der Waals surface area contributed by atoms with Crippen molar-refractivity contribution in [2.75, 3.05) is 0 Å². The van der Waals surface area contributed by atoms with E-state index < -0.39 is 29.3 Å². The monoisotopic (exact) mass is 413 g/mol. The minimum atomic E-state index is -2.00. The molecule has 2 amide bonds. The molecule has 4 aliphatic rings. The number of rotatable bonds is 2. The second-order valence-corrected chi connectivity index (χ2v) is 8.48. The summed E-state index contributed by atoms with van der Waals surface area (Å²) in [6.45, 7) is 0.110. The number of aromatic hydroxyl groups is 2. The van der Waals surface area contributed by atoms with Crippen molar-refractivity contribution < 1.29 is 24.9 Å². The van der Waals surface area contributed by atoms with Crippen LogP contribution in [0.1, 0.15) is 33.7 Å². The van der Waals surface area contributed by atoms with Gasteiger partial charge in [0, 0.05) is 17.0 Å². The second kappa shape index (κ2) is 5.95. The lowest BCUT2D eigenvalue weighted by Crippen LogP contribution is -2.53. The van der Waals surface area contributed by atoms with E-state index in [2.05, 4.69) is 0 Å². The van der Waals surface area contributed by atoms with Gasteiger partial charge in [-0.05, 0) is 28.8 Å². The van der Waals surface area contributed by atoms with Gasteiger partial charge in [-0.25, -0.2) is 0 Å². The zero-order valence-corrected chi connectivity index (χ0v) is 16.4. The maximum absolute atomic E-state index is 13.6. The summed E-state index contributed by atoms with van der Waals surface area (Å²) < 4.78 is 0. The third-order valence-corrected chi connectivity index (χ3v) is 7.02. The molecule has 3 aliphatic carbocycles. The van der Waals surface area contributed by atoms with E-state index in [0.717, 1.165) is 5.56 Å². The number of phenolic OH excluding ortho intramolecular Hbond substituents is 2. The molecule has 1 aliphatic heterocycles. The highest BCUT2D eigenvalue weighted by Crippen LogP contribution is 2.65. The van der Waals surface area contributed by atoms with E-state index >= 15 is 0 Å². The van der Waals surface area contributed by atoms with Crippen LogP contribution in [0.3, 0.4) is 0 Å². The highest BCUT2D eigenvalue weighted by Gasteiger charge is 2.69. The van der Waals surface area contributed by atoms with Crippen LogP contribution in [-0.2, 0) is 21.7 Å². The molecule has 2 atom stereocenters. The predicted molar refractivity (Wildman–Crippen MR) is 110 cm³/mol. The molecule has 0 radical (unpaired) electrons. The lowest BCUT2D eigenvalue weighted by molar-refractivity contribution is -0.142. The Bertz CT molecular complexity index is 1210. The molecule has 3 aromatic carbocycles. The second-order valence-electron chi connectivity index (χ2n) is 8.48. The number of carbonyl (C=O) groups excluding carboxylic acids is 2. The largest absolute Gasteiger partial charge is 0.508 e. The summed E-state index contributed by atoms with van der Waals surface area (Å²) in [4.78, 5) is 28.3. The molecule has 31 heavy (non-hydrogen) atoms. The van der Waals surface area contributed by atoms with E-state index in [9.17, 15) is 24.9 Å². The molecule has 7 rings (SSSR count). The molecule has 0 aromatic heterocycles. The Balaban J connectivity index is 1.59. The Morgan fingerprint density at radius 2 is 1.35 bits per heavy atom. The van der Waals surface area contributed by atoms with Crippen LogP contribution in [0.5, 0.6) is 11.5 Å². The molecule has 0 saturated carbocycles. The van der Waals surface area contributed by atoms with Gasteiger partial charge < -0.3 is 15.3 Å². The molecular formula is C25H19NO5. The minimum absolute atomic E-state index is 0.110. The number of benzene rings is 3. The minimum Gasteiger partial charge on any atom is -0.508 e. The summed E-state index contributed by atoms with van der Waals surface area (Å²) in [7, 11) is 0. The molecular weight excluding hydrogens is 394 g/mol. The summed E-state index contributed by atoms with van der Waals surface area (Å²) in [5.41, 5.74) is 0.451. The number of phenols is 2. The number of nitrogens with zero attached hydrogens (tertiary/aromatic N) is 1. The standard InChI is InChI=1S/C25H19NO5/c27-16-10-4-8-14-18-15-9-5-11-17(28)21(15)25(31,20(14)16)22-19(18)23(29)26(24(22)30)12-13-6-2-1-3-7-13/h1-11,18-19,22,27-28,31H,12H2. The van der Waals surface area contributed by atoms with E-state index in [1.165, 1.54) is 17.0 Å². The quantitative estimate of drug-likeness (QED) is 0.561. The first-order chi connectivity index (χ1) is 14.9. The SMILES string of the molecule is O=C1C2C3c4cccc(O)c4C(O)(c4c(O)cccc43)C2C(=O)N1Cc1ccccc1. The first-order valence-corrected chi connectivity index (χ1v) is 10.2. The Morgan fingerprint density at radius 3 is 1.94 bits per heavy atom. The van der Waals surface area contributed by atoms with Crippen LogP contribution in [0, 0.1) is 11.8 Å². The fraction of sp³-hybridized carbons (Fsp3) is 0.200. The molecule has 1 fully saturated rings. The molecule has 3 N–H and O–H groups in total. The summed E-state index contributed by atoms with van der Waals surface area (Å²) >= 11 is 0. The third kappa shape index (κ3) is 2.10. The van der Waals surface area contributed by atoms with E-state index in [1.807, 2.05) is 30.3 Å². The van der Waals surface area contributed by atoms with Crippen LogP contribution in [0.15, 0.2) is 66.7 Å². The highest BCUT2D eigenvalue weighted by molar-refractivity contribution is 6.08. The number of imide groups is 1. The Kier molecular flexibility index (Phi) is 3.49. The normalized spacial score (nSPS) is 27.8. The lowest BCUT2D eigenvalue weighted by atomic mass is 9.52. The number of hydrogen-bond donors (Lipinski definition) is 3. The van der Waals surface area contributed by atoms with E-state index in [4.69, 9.17) is 0 Å². The molecule has 1 heterocycles. The van der Waals surface area contributed by atoms with Gasteiger partial charge >= 0.3 is 0 Å². The fourth-order valence-electron chi connectivity index (χ4n) is 5.90. The summed E-state index contributed by atoms with van der Waals surface area (Å²) in [6.07, 6.45) is 0. The maximum Gasteiger partial charge on any atom is 0.237 e. The van der Waals surface area contributed by atoms with Gasteiger partial charge in [-0.1, -0.05) is 54.6 Å². The van der Waals surface area contributed by atoms with Crippen molar-refractivity contribution in [1.82, 2.24) is 4.90 Å². The number of aliphatic hydroxyl groups is 1. The molecule has 6 nitrogen and oxygen atoms in total. The van der Waals surface area contributed by atoms with Gasteiger partial charge in [-0.15, -0.1) is 0 Å². The topological polar surface area (TPSA) is 98.1 Å². The Labute approximate surface area is 178 Å². The maximum atomic E-state index is 13.6. The van der Waals surface area contributed by atoms with Crippen molar-refractivity contribution in [3.63, 3.8) is 0 Å². The van der Waals surface area contributed by atoms with Crippen LogP contribution in [-0.4, -0.2) is 32.0 Å². The molecule has 6 heteroatoms. The smallest absolute Gasteiger partial charge is 0.237 e. The van der Waals surface area contributed by atoms with Gasteiger partial charge in [0.15, 0.2) is 0 Å². The third-order valence-electron chi connectivity index (χ3n) is 7.02. The number of carbonyl (C=O) groups is 2. The molecule has 3 aromatic rings. The summed E-state index contributed by atoms with van der Waals surface area (Å²) in [6, 6.07) is 19.0. The van der Waals surface area contributed by atoms with E-state index in [0.29, 0.717) is 11.1 Å². The first kappa shape index (κ1) is 18.2. The fourth-order valence-corrected chi connectivity index (χ4v) is 5.90. The van der Waals surface area contributed by atoms with Gasteiger partial charge in [0.1, 0.15) is 17.1 Å². The van der Waals surface area contributed by atoms with Gasteiger partial charge in [0.05, 0.1) is 18.4 Å². The number of hydrogen-bond acceptors (Lipinski definition) is 5. The van der Waals surface area contributed by atoms with Crippen molar-refractivity contribution in [3.05, 3.63) is 94.5 Å². The van der Waals surface area contributed by atoms with Gasteiger partial charge in [0.2, 0.25) is 11.8 Å². The summed E-state index contributed by atoms with van der Waals surface area (Å²) in [5.74, 6) is -3.60. The van der Waals surface area contributed by atoms with Crippen LogP contribution in [0.25, 0.3) is 0 Å². The van der Waals surface area contributed by atoms with Crippen LogP contribution >= 0.6 is 0 Å². The molecule has 0 spiro atoms.